The highest BCUT2D eigenvalue weighted by Gasteiger charge is 2.27. The van der Waals surface area contributed by atoms with Crippen molar-refractivity contribution in [2.24, 2.45) is 0 Å². The zero-order valence-corrected chi connectivity index (χ0v) is 13.2. The van der Waals surface area contributed by atoms with Crippen molar-refractivity contribution < 1.29 is 9.53 Å². The van der Waals surface area contributed by atoms with Gasteiger partial charge in [-0.25, -0.2) is 4.98 Å². The number of hydrogen-bond donors (Lipinski definition) is 1. The Morgan fingerprint density at radius 2 is 2.24 bits per heavy atom. The van der Waals surface area contributed by atoms with Gasteiger partial charge in [-0.05, 0) is 31.9 Å². The Morgan fingerprint density at radius 1 is 1.43 bits per heavy atom. The van der Waals surface area contributed by atoms with Crippen molar-refractivity contribution in [2.45, 2.75) is 39.7 Å². The lowest BCUT2D eigenvalue weighted by Crippen LogP contribution is -2.48. The normalized spacial score (nSPS) is 18.6. The summed E-state index contributed by atoms with van der Waals surface area (Å²) < 4.78 is 5.48. The summed E-state index contributed by atoms with van der Waals surface area (Å²) >= 11 is 0. The van der Waals surface area contributed by atoms with E-state index in [9.17, 15) is 4.79 Å². The highest BCUT2D eigenvalue weighted by Crippen LogP contribution is 2.18. The highest BCUT2D eigenvalue weighted by atomic mass is 16.5. The zero-order valence-electron chi connectivity index (χ0n) is 13.2. The molecule has 1 aliphatic rings. The number of amides is 1. The third kappa shape index (κ3) is 3.73. The molecular formula is C16H25N3O2. The Hall–Kier alpha value is -1.62. The molecule has 0 aliphatic carbocycles. The second kappa shape index (κ2) is 7.41. The van der Waals surface area contributed by atoms with Crippen LogP contribution in [0, 0.1) is 0 Å². The maximum Gasteiger partial charge on any atom is 0.254 e. The van der Waals surface area contributed by atoms with Crippen LogP contribution in [0.5, 0.6) is 0 Å². The Bertz CT molecular complexity index is 490. The third-order valence-electron chi connectivity index (χ3n) is 3.81. The average molecular weight is 291 g/mol. The van der Waals surface area contributed by atoms with Crippen LogP contribution in [0.2, 0.25) is 0 Å². The molecule has 5 nitrogen and oxygen atoms in total. The van der Waals surface area contributed by atoms with Crippen molar-refractivity contribution in [3.8, 4) is 0 Å². The van der Waals surface area contributed by atoms with Gasteiger partial charge in [0.05, 0.1) is 19.3 Å². The summed E-state index contributed by atoms with van der Waals surface area (Å²) in [6, 6.07) is 3.94. The Morgan fingerprint density at radius 3 is 2.90 bits per heavy atom. The molecule has 2 heterocycles. The van der Waals surface area contributed by atoms with Crippen molar-refractivity contribution in [2.75, 3.05) is 31.6 Å². The third-order valence-corrected chi connectivity index (χ3v) is 3.81. The fraction of sp³-hybridized carbons (Fsp3) is 0.625. The van der Waals surface area contributed by atoms with Crippen LogP contribution in [0.4, 0.5) is 5.82 Å². The smallest absolute Gasteiger partial charge is 0.254 e. The van der Waals surface area contributed by atoms with E-state index in [1.807, 2.05) is 24.0 Å². The monoisotopic (exact) mass is 291 g/mol. The van der Waals surface area contributed by atoms with Crippen molar-refractivity contribution in [1.29, 1.82) is 0 Å². The van der Waals surface area contributed by atoms with E-state index >= 15 is 0 Å². The number of nitrogens with one attached hydrogen (secondary N) is 1. The van der Waals surface area contributed by atoms with Crippen LogP contribution in [-0.4, -0.2) is 48.1 Å². The van der Waals surface area contributed by atoms with E-state index in [2.05, 4.69) is 24.1 Å². The molecule has 2 rings (SSSR count). The molecule has 1 N–H and O–H groups in total. The topological polar surface area (TPSA) is 54.5 Å². The van der Waals surface area contributed by atoms with Crippen LogP contribution >= 0.6 is 0 Å². The van der Waals surface area contributed by atoms with E-state index in [0.29, 0.717) is 19.8 Å². The van der Waals surface area contributed by atoms with Crippen LogP contribution in [0.15, 0.2) is 12.1 Å². The Labute approximate surface area is 126 Å². The summed E-state index contributed by atoms with van der Waals surface area (Å²) in [5.74, 6) is 0.864. The molecular weight excluding hydrogens is 266 g/mol. The largest absolute Gasteiger partial charge is 0.377 e. The summed E-state index contributed by atoms with van der Waals surface area (Å²) in [7, 11) is 0. The minimum absolute atomic E-state index is 0.0846. The predicted molar refractivity (Wildman–Crippen MR) is 83.7 cm³/mol. The molecule has 1 saturated heterocycles. The van der Waals surface area contributed by atoms with Gasteiger partial charge < -0.3 is 15.0 Å². The van der Waals surface area contributed by atoms with Gasteiger partial charge >= 0.3 is 0 Å². The molecule has 0 radical (unpaired) electrons. The van der Waals surface area contributed by atoms with Crippen LogP contribution in [0.3, 0.4) is 0 Å². The number of rotatable bonds is 5. The highest BCUT2D eigenvalue weighted by molar-refractivity contribution is 5.95. The summed E-state index contributed by atoms with van der Waals surface area (Å²) in [6.07, 6.45) is 1.73. The second-order valence-corrected chi connectivity index (χ2v) is 5.25. The van der Waals surface area contributed by atoms with Crippen LogP contribution < -0.4 is 5.32 Å². The summed E-state index contributed by atoms with van der Waals surface area (Å²) in [4.78, 5) is 19.2. The van der Waals surface area contributed by atoms with Gasteiger partial charge in [0, 0.05) is 24.3 Å². The molecule has 0 spiro atoms. The first kappa shape index (κ1) is 15.8. The number of morpholine rings is 1. The molecule has 1 fully saturated rings. The first-order valence-corrected chi connectivity index (χ1v) is 7.83. The lowest BCUT2D eigenvalue weighted by molar-refractivity contribution is -0.00280. The molecule has 1 aliphatic heterocycles. The molecule has 1 aromatic heterocycles. The molecule has 0 aromatic carbocycles. The van der Waals surface area contributed by atoms with Gasteiger partial charge in [0.15, 0.2) is 0 Å². The van der Waals surface area contributed by atoms with E-state index in [0.717, 1.165) is 36.5 Å². The van der Waals surface area contributed by atoms with Crippen LogP contribution in [0.1, 0.15) is 43.2 Å². The first-order valence-electron chi connectivity index (χ1n) is 7.83. The van der Waals surface area contributed by atoms with Gasteiger partial charge in [-0.15, -0.1) is 0 Å². The molecule has 1 atom stereocenters. The van der Waals surface area contributed by atoms with Gasteiger partial charge in [0.1, 0.15) is 5.82 Å². The summed E-state index contributed by atoms with van der Waals surface area (Å²) in [6.45, 7) is 8.88. The standard InChI is InChI=1S/C16H25N3O2/c1-4-13-9-12(10-15(18-13)17-6-3)16(20)19-7-8-21-11-14(19)5-2/h9-10,14H,4-8,11H2,1-3H3,(H,17,18). The SMILES string of the molecule is CCNc1cc(C(=O)N2CCOCC2CC)cc(CC)n1. The van der Waals surface area contributed by atoms with E-state index in [4.69, 9.17) is 4.74 Å². The molecule has 1 amide bonds. The maximum atomic E-state index is 12.8. The van der Waals surface area contributed by atoms with Crippen molar-refractivity contribution in [3.05, 3.63) is 23.4 Å². The molecule has 5 heteroatoms. The van der Waals surface area contributed by atoms with Gasteiger partial charge in [0.2, 0.25) is 0 Å². The van der Waals surface area contributed by atoms with Gasteiger partial charge in [-0.2, -0.15) is 0 Å². The van der Waals surface area contributed by atoms with Crippen molar-refractivity contribution >= 4 is 11.7 Å². The molecule has 116 valence electrons. The fourth-order valence-corrected chi connectivity index (χ4v) is 2.59. The van der Waals surface area contributed by atoms with E-state index < -0.39 is 0 Å². The minimum Gasteiger partial charge on any atom is -0.377 e. The number of aromatic nitrogens is 1. The molecule has 0 bridgehead atoms. The summed E-state index contributed by atoms with van der Waals surface area (Å²) in [5.41, 5.74) is 1.66. The molecule has 0 saturated carbocycles. The van der Waals surface area contributed by atoms with E-state index in [1.165, 1.54) is 0 Å². The number of anilines is 1. The number of nitrogens with zero attached hydrogens (tertiary/aromatic N) is 2. The Balaban J connectivity index is 2.26. The van der Waals surface area contributed by atoms with E-state index in [-0.39, 0.29) is 11.9 Å². The van der Waals surface area contributed by atoms with Gasteiger partial charge in [-0.3, -0.25) is 4.79 Å². The number of carbonyl (C=O) groups is 1. The number of carbonyl (C=O) groups excluding carboxylic acids is 1. The maximum absolute atomic E-state index is 12.8. The second-order valence-electron chi connectivity index (χ2n) is 5.25. The van der Waals surface area contributed by atoms with Crippen LogP contribution in [-0.2, 0) is 11.2 Å². The fourth-order valence-electron chi connectivity index (χ4n) is 2.59. The minimum atomic E-state index is 0.0846. The predicted octanol–water partition coefficient (Wildman–Crippen LogP) is 2.33. The quantitative estimate of drug-likeness (QED) is 0.904. The van der Waals surface area contributed by atoms with Gasteiger partial charge in [0.25, 0.3) is 5.91 Å². The molecule has 1 unspecified atom stereocenters. The molecule has 1 aromatic rings. The number of pyridine rings is 1. The zero-order chi connectivity index (χ0) is 15.2. The number of ether oxygens (including phenoxy) is 1. The van der Waals surface area contributed by atoms with Crippen molar-refractivity contribution in [1.82, 2.24) is 9.88 Å². The molecule has 21 heavy (non-hydrogen) atoms. The number of hydrogen-bond acceptors (Lipinski definition) is 4. The van der Waals surface area contributed by atoms with Crippen LogP contribution in [0.25, 0.3) is 0 Å². The first-order chi connectivity index (χ1) is 10.2. The van der Waals surface area contributed by atoms with Crippen molar-refractivity contribution in [3.63, 3.8) is 0 Å². The summed E-state index contributed by atoms with van der Waals surface area (Å²) in [5, 5.41) is 3.20. The lowest BCUT2D eigenvalue weighted by Gasteiger charge is -2.35. The average Bonchev–Trinajstić information content (AvgIpc) is 2.54. The lowest BCUT2D eigenvalue weighted by atomic mass is 10.1. The van der Waals surface area contributed by atoms with Gasteiger partial charge in [-0.1, -0.05) is 13.8 Å². The number of aryl methyl sites for hydroxylation is 1. The van der Waals surface area contributed by atoms with E-state index in [1.54, 1.807) is 0 Å². The Kier molecular flexibility index (Phi) is 5.56.